The molecule has 2 aromatic rings. The van der Waals surface area contributed by atoms with Crippen molar-refractivity contribution in [2.24, 2.45) is 0 Å². The van der Waals surface area contributed by atoms with E-state index in [1.807, 2.05) is 24.3 Å². The molecule has 0 heterocycles. The fourth-order valence-electron chi connectivity index (χ4n) is 2.09. The molecule has 2 rings (SSSR count). The van der Waals surface area contributed by atoms with Gasteiger partial charge in [-0.25, -0.2) is 0 Å². The third-order valence-corrected chi connectivity index (χ3v) is 4.19. The zero-order valence-electron chi connectivity index (χ0n) is 13.8. The molecule has 0 saturated carbocycles. The van der Waals surface area contributed by atoms with Gasteiger partial charge in [0.15, 0.2) is 0 Å². The van der Waals surface area contributed by atoms with E-state index in [0.29, 0.717) is 28.0 Å². The van der Waals surface area contributed by atoms with E-state index in [4.69, 9.17) is 9.47 Å². The minimum absolute atomic E-state index is 0.149. The fraction of sp³-hybridized carbons (Fsp3) is 0.278. The smallest absolute Gasteiger partial charge is 0.256 e. The molecule has 0 saturated heterocycles. The minimum Gasteiger partial charge on any atom is -0.497 e. The molecule has 4 nitrogen and oxygen atoms in total. The Bertz CT molecular complexity index is 663. The lowest BCUT2D eigenvalue weighted by Gasteiger charge is -2.13. The molecule has 5 heteroatoms. The van der Waals surface area contributed by atoms with Crippen molar-refractivity contribution in [2.75, 3.05) is 19.5 Å². The Morgan fingerprint density at radius 3 is 2.22 bits per heavy atom. The normalized spacial score (nSPS) is 10.5. The van der Waals surface area contributed by atoms with Gasteiger partial charge in [0.05, 0.1) is 19.8 Å². The van der Waals surface area contributed by atoms with Gasteiger partial charge in [-0.2, -0.15) is 0 Å². The largest absolute Gasteiger partial charge is 0.497 e. The lowest BCUT2D eigenvalue weighted by atomic mass is 10.2. The summed E-state index contributed by atoms with van der Waals surface area (Å²) in [6.45, 7) is 4.21. The number of thioether (sulfide) groups is 1. The average molecular weight is 331 g/mol. The number of hydrogen-bond acceptors (Lipinski definition) is 4. The van der Waals surface area contributed by atoms with Gasteiger partial charge < -0.3 is 14.8 Å². The van der Waals surface area contributed by atoms with Crippen molar-refractivity contribution in [2.45, 2.75) is 24.0 Å². The topological polar surface area (TPSA) is 47.6 Å². The molecule has 0 aliphatic rings. The Morgan fingerprint density at radius 1 is 1.04 bits per heavy atom. The van der Waals surface area contributed by atoms with Crippen molar-refractivity contribution in [3.8, 4) is 11.5 Å². The van der Waals surface area contributed by atoms with Crippen LogP contribution in [0.3, 0.4) is 0 Å². The van der Waals surface area contributed by atoms with Gasteiger partial charge in [-0.1, -0.05) is 26.0 Å². The molecule has 2 aromatic carbocycles. The van der Waals surface area contributed by atoms with Crippen molar-refractivity contribution in [3.63, 3.8) is 0 Å². The molecular weight excluding hydrogens is 310 g/mol. The molecule has 0 aliphatic carbocycles. The van der Waals surface area contributed by atoms with Crippen LogP contribution in [0.5, 0.6) is 11.5 Å². The SMILES string of the molecule is COc1cc(NC(=O)c2ccccc2SC(C)C)cc(OC)c1. The average Bonchev–Trinajstić information content (AvgIpc) is 2.54. The second-order valence-corrected chi connectivity index (χ2v) is 6.84. The van der Waals surface area contributed by atoms with Crippen molar-refractivity contribution in [1.82, 2.24) is 0 Å². The Balaban J connectivity index is 2.26. The number of carbonyl (C=O) groups excluding carboxylic acids is 1. The molecule has 0 radical (unpaired) electrons. The first kappa shape index (κ1) is 17.2. The predicted octanol–water partition coefficient (Wildman–Crippen LogP) is 4.46. The molecule has 0 aromatic heterocycles. The maximum Gasteiger partial charge on any atom is 0.256 e. The summed E-state index contributed by atoms with van der Waals surface area (Å²) >= 11 is 1.67. The van der Waals surface area contributed by atoms with Crippen LogP contribution in [0.4, 0.5) is 5.69 Å². The molecule has 23 heavy (non-hydrogen) atoms. The van der Waals surface area contributed by atoms with Crippen molar-refractivity contribution in [1.29, 1.82) is 0 Å². The van der Waals surface area contributed by atoms with Crippen LogP contribution in [0.15, 0.2) is 47.4 Å². The van der Waals surface area contributed by atoms with Gasteiger partial charge >= 0.3 is 0 Å². The summed E-state index contributed by atoms with van der Waals surface area (Å²) in [5.74, 6) is 1.11. The van der Waals surface area contributed by atoms with E-state index in [1.54, 1.807) is 44.2 Å². The first-order valence-corrected chi connectivity index (χ1v) is 8.21. The number of ether oxygens (including phenoxy) is 2. The molecule has 0 spiro atoms. The lowest BCUT2D eigenvalue weighted by Crippen LogP contribution is -2.13. The third-order valence-electron chi connectivity index (χ3n) is 3.10. The summed E-state index contributed by atoms with van der Waals surface area (Å²) in [5, 5.41) is 3.31. The molecule has 0 bridgehead atoms. The fourth-order valence-corrected chi connectivity index (χ4v) is 3.04. The Labute approximate surface area is 141 Å². The summed E-state index contributed by atoms with van der Waals surface area (Å²) in [6.07, 6.45) is 0. The number of methoxy groups -OCH3 is 2. The standard InChI is InChI=1S/C18H21NO3S/c1-12(2)23-17-8-6-5-7-16(17)18(20)19-13-9-14(21-3)11-15(10-13)22-4/h5-12H,1-4H3,(H,19,20). The van der Waals surface area contributed by atoms with Gasteiger partial charge in [-0.3, -0.25) is 4.79 Å². The van der Waals surface area contributed by atoms with Crippen LogP contribution in [0.25, 0.3) is 0 Å². The molecule has 0 atom stereocenters. The number of anilines is 1. The lowest BCUT2D eigenvalue weighted by molar-refractivity contribution is 0.102. The van der Waals surface area contributed by atoms with Gasteiger partial charge in [0, 0.05) is 34.0 Å². The number of carbonyl (C=O) groups is 1. The molecule has 0 unspecified atom stereocenters. The van der Waals surface area contributed by atoms with Gasteiger partial charge in [-0.15, -0.1) is 11.8 Å². The zero-order valence-corrected chi connectivity index (χ0v) is 14.6. The monoisotopic (exact) mass is 331 g/mol. The van der Waals surface area contributed by atoms with Gasteiger partial charge in [0.1, 0.15) is 11.5 Å². The van der Waals surface area contributed by atoms with Crippen molar-refractivity contribution in [3.05, 3.63) is 48.0 Å². The second-order valence-electron chi connectivity index (χ2n) is 5.22. The van der Waals surface area contributed by atoms with Crippen LogP contribution in [-0.2, 0) is 0 Å². The maximum absolute atomic E-state index is 12.6. The Morgan fingerprint density at radius 2 is 1.65 bits per heavy atom. The van der Waals surface area contributed by atoms with E-state index >= 15 is 0 Å². The highest BCUT2D eigenvalue weighted by atomic mass is 32.2. The minimum atomic E-state index is -0.149. The third kappa shape index (κ3) is 4.66. The molecule has 122 valence electrons. The van der Waals surface area contributed by atoms with Crippen LogP contribution in [0, 0.1) is 0 Å². The molecule has 1 N–H and O–H groups in total. The molecule has 0 fully saturated rings. The maximum atomic E-state index is 12.6. The van der Waals surface area contributed by atoms with E-state index in [9.17, 15) is 4.79 Å². The van der Waals surface area contributed by atoms with Gasteiger partial charge in [-0.05, 0) is 12.1 Å². The van der Waals surface area contributed by atoms with E-state index in [1.165, 1.54) is 0 Å². The summed E-state index contributed by atoms with van der Waals surface area (Å²) in [5.41, 5.74) is 1.29. The molecule has 0 aliphatic heterocycles. The highest BCUT2D eigenvalue weighted by Crippen LogP contribution is 2.29. The van der Waals surface area contributed by atoms with Crippen LogP contribution in [0.2, 0.25) is 0 Å². The van der Waals surface area contributed by atoms with Crippen molar-refractivity contribution >= 4 is 23.4 Å². The number of hydrogen-bond donors (Lipinski definition) is 1. The number of benzene rings is 2. The van der Waals surface area contributed by atoms with E-state index in [2.05, 4.69) is 19.2 Å². The summed E-state index contributed by atoms with van der Waals surface area (Å²) in [4.78, 5) is 13.6. The Hall–Kier alpha value is -2.14. The molecular formula is C18H21NO3S. The van der Waals surface area contributed by atoms with Crippen LogP contribution < -0.4 is 14.8 Å². The highest BCUT2D eigenvalue weighted by Gasteiger charge is 2.13. The van der Waals surface area contributed by atoms with Crippen LogP contribution in [0.1, 0.15) is 24.2 Å². The van der Waals surface area contributed by atoms with Crippen molar-refractivity contribution < 1.29 is 14.3 Å². The van der Waals surface area contributed by atoms with Crippen LogP contribution >= 0.6 is 11.8 Å². The summed E-state index contributed by atoms with van der Waals surface area (Å²) in [6, 6.07) is 12.9. The van der Waals surface area contributed by atoms with Gasteiger partial charge in [0.2, 0.25) is 0 Å². The first-order chi connectivity index (χ1) is 11.0. The quantitative estimate of drug-likeness (QED) is 0.794. The first-order valence-electron chi connectivity index (χ1n) is 7.33. The van der Waals surface area contributed by atoms with Gasteiger partial charge in [0.25, 0.3) is 5.91 Å². The van der Waals surface area contributed by atoms with E-state index < -0.39 is 0 Å². The zero-order chi connectivity index (χ0) is 16.8. The van der Waals surface area contributed by atoms with E-state index in [0.717, 1.165) is 4.90 Å². The number of rotatable bonds is 6. The second kappa shape index (κ2) is 7.92. The summed E-state index contributed by atoms with van der Waals surface area (Å²) < 4.78 is 10.5. The number of amides is 1. The summed E-state index contributed by atoms with van der Waals surface area (Å²) in [7, 11) is 3.16. The Kier molecular flexibility index (Phi) is 5.93. The van der Waals surface area contributed by atoms with Crippen LogP contribution in [-0.4, -0.2) is 25.4 Å². The predicted molar refractivity (Wildman–Crippen MR) is 94.9 cm³/mol. The highest BCUT2D eigenvalue weighted by molar-refractivity contribution is 8.00. The van der Waals surface area contributed by atoms with E-state index in [-0.39, 0.29) is 5.91 Å². The number of nitrogens with one attached hydrogen (secondary N) is 1. The molecule has 1 amide bonds.